The monoisotopic (exact) mass is 195 g/mol. The molecule has 13 heavy (non-hydrogen) atoms. The van der Waals surface area contributed by atoms with Gasteiger partial charge in [0.1, 0.15) is 5.00 Å². The molecule has 68 valence electrons. The summed E-state index contributed by atoms with van der Waals surface area (Å²) in [6.45, 7) is 1.65. The van der Waals surface area contributed by atoms with E-state index < -0.39 is 5.92 Å². The van der Waals surface area contributed by atoms with Gasteiger partial charge in [-0.3, -0.25) is 9.59 Å². The number of ketones is 1. The van der Waals surface area contributed by atoms with Crippen LogP contribution in [-0.4, -0.2) is 18.7 Å². The fraction of sp³-hybridized carbons (Fsp3) is 0.333. The van der Waals surface area contributed by atoms with Crippen molar-refractivity contribution in [3.63, 3.8) is 0 Å². The first-order chi connectivity index (χ1) is 6.13. The standard InChI is InChI=1S/C9H9NO2S/c1-5-7(11)6-3-4-13-9(6)10(2)8(5)12/h3-5H,1-2H3. The van der Waals surface area contributed by atoms with Crippen LogP contribution in [0.25, 0.3) is 0 Å². The number of carbonyl (C=O) groups is 2. The van der Waals surface area contributed by atoms with E-state index in [1.165, 1.54) is 11.3 Å². The molecular weight excluding hydrogens is 186 g/mol. The Bertz CT molecular complexity index is 383. The lowest BCUT2D eigenvalue weighted by atomic mass is 9.96. The zero-order valence-corrected chi connectivity index (χ0v) is 8.22. The summed E-state index contributed by atoms with van der Waals surface area (Å²) >= 11 is 1.43. The lowest BCUT2D eigenvalue weighted by Crippen LogP contribution is -2.39. The molecule has 1 aromatic heterocycles. The smallest absolute Gasteiger partial charge is 0.238 e. The fourth-order valence-electron chi connectivity index (χ4n) is 1.48. The van der Waals surface area contributed by atoms with E-state index in [0.717, 1.165) is 5.00 Å². The molecule has 0 saturated heterocycles. The van der Waals surface area contributed by atoms with Crippen LogP contribution in [0.4, 0.5) is 5.00 Å². The summed E-state index contributed by atoms with van der Waals surface area (Å²) in [5.74, 6) is -0.689. The number of hydrogen-bond acceptors (Lipinski definition) is 3. The van der Waals surface area contributed by atoms with Crippen molar-refractivity contribution < 1.29 is 9.59 Å². The topological polar surface area (TPSA) is 37.4 Å². The summed E-state index contributed by atoms with van der Waals surface area (Å²) in [5, 5.41) is 2.61. The van der Waals surface area contributed by atoms with E-state index in [9.17, 15) is 9.59 Å². The molecule has 2 rings (SSSR count). The number of carbonyl (C=O) groups excluding carboxylic acids is 2. The van der Waals surface area contributed by atoms with Gasteiger partial charge in [0.25, 0.3) is 0 Å². The third-order valence-corrected chi connectivity index (χ3v) is 3.30. The molecular formula is C9H9NO2S. The number of amides is 1. The van der Waals surface area contributed by atoms with Gasteiger partial charge >= 0.3 is 0 Å². The fourth-order valence-corrected chi connectivity index (χ4v) is 2.36. The normalized spacial score (nSPS) is 22.0. The van der Waals surface area contributed by atoms with Crippen molar-refractivity contribution in [2.24, 2.45) is 5.92 Å². The van der Waals surface area contributed by atoms with E-state index in [0.29, 0.717) is 5.56 Å². The van der Waals surface area contributed by atoms with Crippen LogP contribution < -0.4 is 4.90 Å². The van der Waals surface area contributed by atoms with Crippen molar-refractivity contribution in [3.05, 3.63) is 17.0 Å². The molecule has 2 heterocycles. The Kier molecular flexibility index (Phi) is 1.73. The van der Waals surface area contributed by atoms with Gasteiger partial charge in [0.2, 0.25) is 5.91 Å². The van der Waals surface area contributed by atoms with Crippen LogP contribution in [0.3, 0.4) is 0 Å². The highest BCUT2D eigenvalue weighted by molar-refractivity contribution is 7.15. The first-order valence-electron chi connectivity index (χ1n) is 4.02. The number of fused-ring (bicyclic) bond motifs is 1. The molecule has 0 saturated carbocycles. The molecule has 1 aliphatic rings. The SMILES string of the molecule is CC1C(=O)c2ccsc2N(C)C1=O. The van der Waals surface area contributed by atoms with E-state index in [2.05, 4.69) is 0 Å². The number of Topliss-reactive ketones (excluding diaryl/α,β-unsaturated/α-hetero) is 1. The quantitative estimate of drug-likeness (QED) is 0.589. The zero-order valence-electron chi connectivity index (χ0n) is 7.40. The molecule has 1 aliphatic heterocycles. The van der Waals surface area contributed by atoms with E-state index >= 15 is 0 Å². The molecule has 0 fully saturated rings. The van der Waals surface area contributed by atoms with Gasteiger partial charge in [-0.05, 0) is 18.4 Å². The van der Waals surface area contributed by atoms with Gasteiger partial charge in [-0.1, -0.05) is 0 Å². The van der Waals surface area contributed by atoms with Crippen molar-refractivity contribution in [3.8, 4) is 0 Å². The van der Waals surface area contributed by atoms with E-state index in [4.69, 9.17) is 0 Å². The van der Waals surface area contributed by atoms with Crippen LogP contribution in [-0.2, 0) is 4.79 Å². The van der Waals surface area contributed by atoms with Crippen LogP contribution in [0, 0.1) is 5.92 Å². The molecule has 0 spiro atoms. The van der Waals surface area contributed by atoms with Gasteiger partial charge in [-0.2, -0.15) is 0 Å². The Morgan fingerprint density at radius 2 is 2.15 bits per heavy atom. The van der Waals surface area contributed by atoms with Crippen LogP contribution in [0.5, 0.6) is 0 Å². The Morgan fingerprint density at radius 3 is 2.85 bits per heavy atom. The Hall–Kier alpha value is -1.16. The number of anilines is 1. The van der Waals surface area contributed by atoms with E-state index in [-0.39, 0.29) is 11.7 Å². The highest BCUT2D eigenvalue weighted by Gasteiger charge is 2.35. The lowest BCUT2D eigenvalue weighted by molar-refractivity contribution is -0.120. The minimum Gasteiger partial charge on any atom is -0.306 e. The maximum Gasteiger partial charge on any atom is 0.238 e. The highest BCUT2D eigenvalue weighted by Crippen LogP contribution is 2.33. The second-order valence-corrected chi connectivity index (χ2v) is 4.02. The predicted octanol–water partition coefficient (Wildman–Crippen LogP) is 1.54. The van der Waals surface area contributed by atoms with Crippen molar-refractivity contribution in [1.82, 2.24) is 0 Å². The molecule has 1 atom stereocenters. The highest BCUT2D eigenvalue weighted by atomic mass is 32.1. The number of thiophene rings is 1. The van der Waals surface area contributed by atoms with Crippen LogP contribution in [0.15, 0.2) is 11.4 Å². The molecule has 0 radical (unpaired) electrons. The van der Waals surface area contributed by atoms with Crippen molar-refractivity contribution >= 4 is 28.0 Å². The first-order valence-corrected chi connectivity index (χ1v) is 4.90. The predicted molar refractivity (Wildman–Crippen MR) is 51.2 cm³/mol. The Morgan fingerprint density at radius 1 is 1.46 bits per heavy atom. The van der Waals surface area contributed by atoms with Crippen molar-refractivity contribution in [2.45, 2.75) is 6.92 Å². The van der Waals surface area contributed by atoms with Gasteiger partial charge in [0.05, 0.1) is 11.5 Å². The van der Waals surface area contributed by atoms with Gasteiger partial charge in [-0.15, -0.1) is 11.3 Å². The van der Waals surface area contributed by atoms with Crippen LogP contribution in [0.2, 0.25) is 0 Å². The van der Waals surface area contributed by atoms with Gasteiger partial charge < -0.3 is 4.90 Å². The largest absolute Gasteiger partial charge is 0.306 e. The molecule has 1 aromatic rings. The molecule has 0 bridgehead atoms. The Balaban J connectivity index is 2.59. The maximum atomic E-state index is 11.6. The molecule has 0 aliphatic carbocycles. The summed E-state index contributed by atoms with van der Waals surface area (Å²) in [4.78, 5) is 24.7. The van der Waals surface area contributed by atoms with Crippen LogP contribution in [0.1, 0.15) is 17.3 Å². The second kappa shape index (κ2) is 2.67. The summed E-state index contributed by atoms with van der Waals surface area (Å²) in [6.07, 6.45) is 0. The Labute approximate surface area is 80.0 Å². The average molecular weight is 195 g/mol. The van der Waals surface area contributed by atoms with Gasteiger partial charge in [0.15, 0.2) is 5.78 Å². The van der Waals surface area contributed by atoms with E-state index in [1.54, 1.807) is 24.9 Å². The van der Waals surface area contributed by atoms with Gasteiger partial charge in [0, 0.05) is 7.05 Å². The molecule has 1 amide bonds. The number of hydrogen-bond donors (Lipinski definition) is 0. The minimum atomic E-state index is -0.521. The van der Waals surface area contributed by atoms with Crippen LogP contribution >= 0.6 is 11.3 Å². The summed E-state index contributed by atoms with van der Waals surface area (Å²) in [5.41, 5.74) is 0.680. The summed E-state index contributed by atoms with van der Waals surface area (Å²) < 4.78 is 0. The third kappa shape index (κ3) is 1.02. The van der Waals surface area contributed by atoms with Crippen molar-refractivity contribution in [1.29, 1.82) is 0 Å². The second-order valence-electron chi connectivity index (χ2n) is 3.12. The molecule has 1 unspecified atom stereocenters. The van der Waals surface area contributed by atoms with Gasteiger partial charge in [-0.25, -0.2) is 0 Å². The maximum absolute atomic E-state index is 11.6. The van der Waals surface area contributed by atoms with Crippen molar-refractivity contribution in [2.75, 3.05) is 11.9 Å². The number of rotatable bonds is 0. The molecule has 0 N–H and O–H groups in total. The summed E-state index contributed by atoms with van der Waals surface area (Å²) in [7, 11) is 1.71. The molecule has 0 aromatic carbocycles. The lowest BCUT2D eigenvalue weighted by Gasteiger charge is -2.25. The van der Waals surface area contributed by atoms with E-state index in [1.807, 2.05) is 5.38 Å². The third-order valence-electron chi connectivity index (χ3n) is 2.31. The zero-order chi connectivity index (χ0) is 9.59. The number of nitrogens with zero attached hydrogens (tertiary/aromatic N) is 1. The minimum absolute atomic E-state index is 0.0562. The molecule has 3 nitrogen and oxygen atoms in total. The molecule has 4 heteroatoms. The first kappa shape index (κ1) is 8.44. The average Bonchev–Trinajstić information content (AvgIpc) is 2.59. The summed E-state index contributed by atoms with van der Waals surface area (Å²) in [6, 6.07) is 1.78.